The van der Waals surface area contributed by atoms with Crippen LogP contribution >= 0.6 is 0 Å². The van der Waals surface area contributed by atoms with Crippen molar-refractivity contribution in [2.45, 2.75) is 18.9 Å². The lowest BCUT2D eigenvalue weighted by molar-refractivity contribution is 0.0357. The third kappa shape index (κ3) is 4.76. The first-order valence-corrected chi connectivity index (χ1v) is 5.00. The Bertz CT molecular complexity index is 275. The first kappa shape index (κ1) is 11.9. The minimum absolute atomic E-state index is 0.466. The average molecular weight is 210 g/mol. The van der Waals surface area contributed by atoms with Gasteiger partial charge in [-0.05, 0) is 19.1 Å². The zero-order valence-corrected chi connectivity index (χ0v) is 9.23. The van der Waals surface area contributed by atoms with Crippen molar-refractivity contribution in [2.75, 3.05) is 25.6 Å². The van der Waals surface area contributed by atoms with Gasteiger partial charge in [0.2, 0.25) is 0 Å². The normalized spacial score (nSPS) is 14.6. The zero-order valence-electron chi connectivity index (χ0n) is 9.23. The Hall–Kier alpha value is -1.13. The number of methoxy groups -OCH3 is 1. The van der Waals surface area contributed by atoms with E-state index in [-0.39, 0.29) is 0 Å². The fourth-order valence-electron chi connectivity index (χ4n) is 1.16. The van der Waals surface area contributed by atoms with Crippen LogP contribution in [0.2, 0.25) is 0 Å². The molecular formula is C11H18N2O2. The Morgan fingerprint density at radius 3 is 2.93 bits per heavy atom. The number of hydrogen-bond donors (Lipinski definition) is 2. The van der Waals surface area contributed by atoms with Crippen molar-refractivity contribution >= 4 is 5.82 Å². The number of hydrogen-bond acceptors (Lipinski definition) is 4. The van der Waals surface area contributed by atoms with Crippen molar-refractivity contribution in [1.82, 2.24) is 4.98 Å². The molecular weight excluding hydrogens is 192 g/mol. The number of nitrogens with one attached hydrogen (secondary N) is 1. The molecule has 1 aromatic rings. The van der Waals surface area contributed by atoms with Gasteiger partial charge in [-0.3, -0.25) is 0 Å². The van der Waals surface area contributed by atoms with Gasteiger partial charge >= 0.3 is 0 Å². The third-order valence-corrected chi connectivity index (χ3v) is 2.16. The highest BCUT2D eigenvalue weighted by Crippen LogP contribution is 2.10. The number of rotatable bonds is 6. The van der Waals surface area contributed by atoms with Gasteiger partial charge in [0.25, 0.3) is 0 Å². The molecule has 0 fully saturated rings. The molecule has 0 saturated heterocycles. The van der Waals surface area contributed by atoms with Crippen LogP contribution in [0.4, 0.5) is 5.82 Å². The quantitative estimate of drug-likeness (QED) is 0.742. The molecule has 4 heteroatoms. The van der Waals surface area contributed by atoms with E-state index in [0.29, 0.717) is 19.6 Å². The molecule has 0 saturated carbocycles. The van der Waals surface area contributed by atoms with Gasteiger partial charge in [0.15, 0.2) is 0 Å². The summed E-state index contributed by atoms with van der Waals surface area (Å²) in [5.74, 6) is 0.773. The summed E-state index contributed by atoms with van der Waals surface area (Å²) in [4.78, 5) is 4.11. The first-order chi connectivity index (χ1) is 7.14. The summed E-state index contributed by atoms with van der Waals surface area (Å²) in [5.41, 5.74) is -0.770. The van der Waals surface area contributed by atoms with E-state index in [1.54, 1.807) is 20.2 Å². The number of aromatic nitrogens is 1. The molecule has 1 heterocycles. The fraction of sp³-hybridized carbons (Fsp3) is 0.545. The van der Waals surface area contributed by atoms with E-state index in [1.807, 2.05) is 18.2 Å². The predicted octanol–water partition coefficient (Wildman–Crippen LogP) is 1.28. The maximum absolute atomic E-state index is 9.94. The Morgan fingerprint density at radius 2 is 2.33 bits per heavy atom. The highest BCUT2D eigenvalue weighted by Gasteiger charge is 2.19. The largest absolute Gasteiger partial charge is 0.388 e. The van der Waals surface area contributed by atoms with Crippen LogP contribution in [0.5, 0.6) is 0 Å². The summed E-state index contributed by atoms with van der Waals surface area (Å²) in [5, 5.41) is 13.0. The van der Waals surface area contributed by atoms with Crippen LogP contribution in [-0.2, 0) is 4.74 Å². The molecule has 1 unspecified atom stereocenters. The number of ether oxygens (including phenoxy) is 1. The smallest absolute Gasteiger partial charge is 0.125 e. The molecule has 0 radical (unpaired) electrons. The van der Waals surface area contributed by atoms with E-state index in [0.717, 1.165) is 5.82 Å². The summed E-state index contributed by atoms with van der Waals surface area (Å²) < 4.78 is 4.93. The number of aliphatic hydroxyl groups is 1. The molecule has 15 heavy (non-hydrogen) atoms. The molecule has 0 aliphatic rings. The lowest BCUT2D eigenvalue weighted by atomic mass is 10.0. The van der Waals surface area contributed by atoms with Crippen molar-refractivity contribution in [3.8, 4) is 0 Å². The molecule has 1 atom stereocenters. The van der Waals surface area contributed by atoms with E-state index in [4.69, 9.17) is 4.74 Å². The highest BCUT2D eigenvalue weighted by molar-refractivity contribution is 5.33. The highest BCUT2D eigenvalue weighted by atomic mass is 16.5. The topological polar surface area (TPSA) is 54.4 Å². The summed E-state index contributed by atoms with van der Waals surface area (Å²) >= 11 is 0. The van der Waals surface area contributed by atoms with E-state index >= 15 is 0 Å². The minimum atomic E-state index is -0.770. The van der Waals surface area contributed by atoms with Crippen LogP contribution in [0.1, 0.15) is 13.3 Å². The standard InChI is InChI=1S/C11H18N2O2/c1-11(14,6-8-15-2)9-13-10-5-3-4-7-12-10/h3-5,7,14H,6,8-9H2,1-2H3,(H,12,13). The molecule has 1 rings (SSSR count). The number of anilines is 1. The van der Waals surface area contributed by atoms with Gasteiger partial charge < -0.3 is 15.2 Å². The fourth-order valence-corrected chi connectivity index (χ4v) is 1.16. The molecule has 0 amide bonds. The van der Waals surface area contributed by atoms with Crippen LogP contribution in [0.25, 0.3) is 0 Å². The van der Waals surface area contributed by atoms with Crippen molar-refractivity contribution in [1.29, 1.82) is 0 Å². The van der Waals surface area contributed by atoms with E-state index in [9.17, 15) is 5.11 Å². The lowest BCUT2D eigenvalue weighted by Crippen LogP contribution is -2.34. The van der Waals surface area contributed by atoms with Crippen molar-refractivity contribution in [3.05, 3.63) is 24.4 Å². The van der Waals surface area contributed by atoms with Crippen LogP contribution in [0, 0.1) is 0 Å². The molecule has 0 aliphatic carbocycles. The van der Waals surface area contributed by atoms with Crippen LogP contribution in [-0.4, -0.2) is 36.0 Å². The maximum atomic E-state index is 9.94. The van der Waals surface area contributed by atoms with Gasteiger partial charge in [-0.2, -0.15) is 0 Å². The van der Waals surface area contributed by atoms with Crippen molar-refractivity contribution < 1.29 is 9.84 Å². The van der Waals surface area contributed by atoms with E-state index in [1.165, 1.54) is 0 Å². The van der Waals surface area contributed by atoms with Gasteiger partial charge in [0, 0.05) is 32.9 Å². The number of pyridine rings is 1. The lowest BCUT2D eigenvalue weighted by Gasteiger charge is -2.23. The van der Waals surface area contributed by atoms with Gasteiger partial charge in [-0.25, -0.2) is 4.98 Å². The van der Waals surface area contributed by atoms with Gasteiger partial charge in [0.1, 0.15) is 5.82 Å². The Kier molecular flexibility index (Phi) is 4.52. The second-order valence-corrected chi connectivity index (χ2v) is 3.81. The summed E-state index contributed by atoms with van der Waals surface area (Å²) in [6.07, 6.45) is 2.32. The second kappa shape index (κ2) is 5.68. The Balaban J connectivity index is 2.35. The number of nitrogens with zero attached hydrogens (tertiary/aromatic N) is 1. The SMILES string of the molecule is COCCC(C)(O)CNc1ccccn1. The molecule has 0 bridgehead atoms. The molecule has 2 N–H and O–H groups in total. The maximum Gasteiger partial charge on any atom is 0.125 e. The Labute approximate surface area is 90.3 Å². The molecule has 84 valence electrons. The Morgan fingerprint density at radius 1 is 1.53 bits per heavy atom. The summed E-state index contributed by atoms with van der Waals surface area (Å²) in [6.45, 7) is 2.80. The second-order valence-electron chi connectivity index (χ2n) is 3.81. The molecule has 0 aliphatic heterocycles. The third-order valence-electron chi connectivity index (χ3n) is 2.16. The average Bonchev–Trinajstić information content (AvgIpc) is 2.25. The van der Waals surface area contributed by atoms with Crippen LogP contribution in [0.3, 0.4) is 0 Å². The zero-order chi connectivity index (χ0) is 11.1. The van der Waals surface area contributed by atoms with Crippen LogP contribution in [0.15, 0.2) is 24.4 Å². The van der Waals surface area contributed by atoms with Crippen molar-refractivity contribution in [3.63, 3.8) is 0 Å². The van der Waals surface area contributed by atoms with Crippen LogP contribution < -0.4 is 5.32 Å². The molecule has 1 aromatic heterocycles. The predicted molar refractivity (Wildman–Crippen MR) is 59.8 cm³/mol. The summed E-state index contributed by atoms with van der Waals surface area (Å²) in [6, 6.07) is 5.62. The molecule has 4 nitrogen and oxygen atoms in total. The monoisotopic (exact) mass is 210 g/mol. The van der Waals surface area contributed by atoms with Gasteiger partial charge in [-0.1, -0.05) is 6.07 Å². The minimum Gasteiger partial charge on any atom is -0.388 e. The first-order valence-electron chi connectivity index (χ1n) is 5.00. The summed E-state index contributed by atoms with van der Waals surface area (Å²) in [7, 11) is 1.63. The molecule has 0 spiro atoms. The molecule has 0 aromatic carbocycles. The van der Waals surface area contributed by atoms with E-state index in [2.05, 4.69) is 10.3 Å². The van der Waals surface area contributed by atoms with E-state index < -0.39 is 5.60 Å². The van der Waals surface area contributed by atoms with Gasteiger partial charge in [0.05, 0.1) is 5.60 Å². The van der Waals surface area contributed by atoms with Gasteiger partial charge in [-0.15, -0.1) is 0 Å². The van der Waals surface area contributed by atoms with Crippen molar-refractivity contribution in [2.24, 2.45) is 0 Å².